The maximum absolute atomic E-state index is 4.43. The maximum Gasteiger partial charge on any atom is 0.106 e. The standard InChI is InChI=1S/C12H16N4/c1-2-10(14-4-1)11-8-15-12(16-11)6-9-3-5-13-7-9/h1-2,4,8-9,13-14H,3,5-7H2,(H,15,16). The number of hydrogen-bond donors (Lipinski definition) is 3. The van der Waals surface area contributed by atoms with Crippen molar-refractivity contribution in [1.29, 1.82) is 0 Å². The van der Waals surface area contributed by atoms with Crippen molar-refractivity contribution in [3.8, 4) is 11.4 Å². The molecule has 0 spiro atoms. The van der Waals surface area contributed by atoms with Gasteiger partial charge in [0.05, 0.1) is 17.6 Å². The van der Waals surface area contributed by atoms with E-state index >= 15 is 0 Å². The number of nitrogens with one attached hydrogen (secondary N) is 3. The van der Waals surface area contributed by atoms with Crippen LogP contribution in [0.1, 0.15) is 12.2 Å². The molecular formula is C12H16N4. The second kappa shape index (κ2) is 4.14. The van der Waals surface area contributed by atoms with Crippen LogP contribution in [-0.4, -0.2) is 28.0 Å². The Morgan fingerprint density at radius 1 is 1.38 bits per heavy atom. The summed E-state index contributed by atoms with van der Waals surface area (Å²) < 4.78 is 0. The lowest BCUT2D eigenvalue weighted by atomic mass is 10.1. The molecule has 16 heavy (non-hydrogen) atoms. The quantitative estimate of drug-likeness (QED) is 0.729. The van der Waals surface area contributed by atoms with Gasteiger partial charge in [0, 0.05) is 12.6 Å². The van der Waals surface area contributed by atoms with Crippen LogP contribution < -0.4 is 5.32 Å². The minimum Gasteiger partial charge on any atom is -0.360 e. The van der Waals surface area contributed by atoms with E-state index in [2.05, 4.69) is 26.3 Å². The van der Waals surface area contributed by atoms with Crippen LogP contribution in [0.2, 0.25) is 0 Å². The maximum atomic E-state index is 4.43. The second-order valence-electron chi connectivity index (χ2n) is 4.39. The van der Waals surface area contributed by atoms with Gasteiger partial charge in [0.2, 0.25) is 0 Å². The van der Waals surface area contributed by atoms with Crippen molar-refractivity contribution in [1.82, 2.24) is 20.3 Å². The monoisotopic (exact) mass is 216 g/mol. The van der Waals surface area contributed by atoms with Crippen LogP contribution in [-0.2, 0) is 6.42 Å². The number of rotatable bonds is 3. The van der Waals surface area contributed by atoms with Crippen molar-refractivity contribution in [2.45, 2.75) is 12.8 Å². The summed E-state index contributed by atoms with van der Waals surface area (Å²) in [6.45, 7) is 2.27. The van der Waals surface area contributed by atoms with E-state index in [0.29, 0.717) is 0 Å². The van der Waals surface area contributed by atoms with E-state index in [-0.39, 0.29) is 0 Å². The molecule has 3 rings (SSSR count). The molecule has 4 nitrogen and oxygen atoms in total. The fourth-order valence-corrected chi connectivity index (χ4v) is 2.26. The van der Waals surface area contributed by atoms with Crippen LogP contribution >= 0.6 is 0 Å². The van der Waals surface area contributed by atoms with Gasteiger partial charge in [-0.2, -0.15) is 0 Å². The highest BCUT2D eigenvalue weighted by Crippen LogP contribution is 2.17. The molecule has 1 fully saturated rings. The van der Waals surface area contributed by atoms with Gasteiger partial charge in [0.1, 0.15) is 5.82 Å². The number of aromatic nitrogens is 3. The molecule has 0 saturated carbocycles. The summed E-state index contributed by atoms with van der Waals surface area (Å²) in [5, 5.41) is 3.38. The van der Waals surface area contributed by atoms with Crippen molar-refractivity contribution in [3.63, 3.8) is 0 Å². The van der Waals surface area contributed by atoms with Crippen LogP contribution in [0.25, 0.3) is 11.4 Å². The van der Waals surface area contributed by atoms with E-state index in [1.807, 2.05) is 18.5 Å². The first-order valence-electron chi connectivity index (χ1n) is 5.80. The Kier molecular flexibility index (Phi) is 2.50. The minimum atomic E-state index is 0.739. The zero-order chi connectivity index (χ0) is 10.8. The number of hydrogen-bond acceptors (Lipinski definition) is 2. The molecule has 1 atom stereocenters. The zero-order valence-corrected chi connectivity index (χ0v) is 9.16. The molecule has 4 heteroatoms. The van der Waals surface area contributed by atoms with Crippen LogP contribution in [0.3, 0.4) is 0 Å². The number of H-pyrrole nitrogens is 2. The van der Waals surface area contributed by atoms with Crippen molar-refractivity contribution in [2.24, 2.45) is 5.92 Å². The lowest BCUT2D eigenvalue weighted by Crippen LogP contribution is -2.11. The molecule has 1 saturated heterocycles. The van der Waals surface area contributed by atoms with E-state index in [9.17, 15) is 0 Å². The Morgan fingerprint density at radius 3 is 3.12 bits per heavy atom. The molecule has 0 radical (unpaired) electrons. The minimum absolute atomic E-state index is 0.739. The average molecular weight is 216 g/mol. The normalized spacial score (nSPS) is 20.4. The third kappa shape index (κ3) is 1.88. The zero-order valence-electron chi connectivity index (χ0n) is 9.16. The molecule has 0 aliphatic carbocycles. The van der Waals surface area contributed by atoms with Gasteiger partial charge in [-0.3, -0.25) is 0 Å². The molecule has 84 valence electrons. The second-order valence-corrected chi connectivity index (χ2v) is 4.39. The summed E-state index contributed by atoms with van der Waals surface area (Å²) in [5.74, 6) is 1.83. The molecule has 3 heterocycles. The Labute approximate surface area is 94.5 Å². The largest absolute Gasteiger partial charge is 0.360 e. The Bertz CT molecular complexity index is 437. The van der Waals surface area contributed by atoms with Gasteiger partial charge in [0.15, 0.2) is 0 Å². The lowest BCUT2D eigenvalue weighted by molar-refractivity contribution is 0.565. The molecule has 0 aromatic carbocycles. The summed E-state index contributed by atoms with van der Waals surface area (Å²) in [5.41, 5.74) is 2.18. The fraction of sp³-hybridized carbons (Fsp3) is 0.417. The number of aromatic amines is 2. The van der Waals surface area contributed by atoms with Gasteiger partial charge >= 0.3 is 0 Å². The van der Waals surface area contributed by atoms with Crippen LogP contribution in [0.4, 0.5) is 0 Å². The van der Waals surface area contributed by atoms with E-state index < -0.39 is 0 Å². The summed E-state index contributed by atoms with van der Waals surface area (Å²) >= 11 is 0. The smallest absolute Gasteiger partial charge is 0.106 e. The highest BCUT2D eigenvalue weighted by molar-refractivity contribution is 5.53. The molecule has 0 amide bonds. The van der Waals surface area contributed by atoms with Crippen LogP contribution in [0.5, 0.6) is 0 Å². The van der Waals surface area contributed by atoms with Gasteiger partial charge in [-0.15, -0.1) is 0 Å². The molecule has 2 aromatic heterocycles. The summed E-state index contributed by atoms with van der Waals surface area (Å²) in [7, 11) is 0. The average Bonchev–Trinajstić information content (AvgIpc) is 2.99. The first kappa shape index (κ1) is 9.66. The van der Waals surface area contributed by atoms with Gasteiger partial charge < -0.3 is 15.3 Å². The van der Waals surface area contributed by atoms with E-state index in [0.717, 1.165) is 42.6 Å². The number of nitrogens with zero attached hydrogens (tertiary/aromatic N) is 1. The third-order valence-corrected chi connectivity index (χ3v) is 3.16. The SMILES string of the molecule is c1c[nH]c(-c2cnc(CC3CCNC3)[nH]2)c1. The molecule has 0 bridgehead atoms. The Morgan fingerprint density at radius 2 is 2.38 bits per heavy atom. The van der Waals surface area contributed by atoms with Crippen molar-refractivity contribution in [3.05, 3.63) is 30.4 Å². The van der Waals surface area contributed by atoms with Crippen LogP contribution in [0, 0.1) is 5.92 Å². The predicted molar refractivity (Wildman–Crippen MR) is 63.1 cm³/mol. The van der Waals surface area contributed by atoms with Crippen molar-refractivity contribution in [2.75, 3.05) is 13.1 Å². The summed E-state index contributed by atoms with van der Waals surface area (Å²) in [6, 6.07) is 4.05. The highest BCUT2D eigenvalue weighted by Gasteiger charge is 2.16. The molecule has 3 N–H and O–H groups in total. The van der Waals surface area contributed by atoms with E-state index in [4.69, 9.17) is 0 Å². The first-order valence-corrected chi connectivity index (χ1v) is 5.80. The molecule has 1 aliphatic heterocycles. The van der Waals surface area contributed by atoms with Crippen LogP contribution in [0.15, 0.2) is 24.5 Å². The molecule has 2 aromatic rings. The molecule has 1 aliphatic rings. The molecule has 1 unspecified atom stereocenters. The van der Waals surface area contributed by atoms with Crippen molar-refractivity contribution >= 4 is 0 Å². The van der Waals surface area contributed by atoms with Gasteiger partial charge in [-0.05, 0) is 37.6 Å². The topological polar surface area (TPSA) is 56.5 Å². The Balaban J connectivity index is 1.72. The summed E-state index contributed by atoms with van der Waals surface area (Å²) in [4.78, 5) is 11.0. The number of imidazole rings is 1. The first-order chi connectivity index (χ1) is 7.92. The van der Waals surface area contributed by atoms with Gasteiger partial charge in [0.25, 0.3) is 0 Å². The van der Waals surface area contributed by atoms with Crippen molar-refractivity contribution < 1.29 is 0 Å². The van der Waals surface area contributed by atoms with Gasteiger partial charge in [-0.1, -0.05) is 0 Å². The Hall–Kier alpha value is -1.55. The van der Waals surface area contributed by atoms with E-state index in [1.54, 1.807) is 0 Å². The molecular weight excluding hydrogens is 200 g/mol. The predicted octanol–water partition coefficient (Wildman–Crippen LogP) is 1.56. The summed E-state index contributed by atoms with van der Waals surface area (Å²) in [6.07, 6.45) is 6.15. The highest BCUT2D eigenvalue weighted by atomic mass is 14.9. The van der Waals surface area contributed by atoms with Gasteiger partial charge in [-0.25, -0.2) is 4.98 Å². The fourth-order valence-electron chi connectivity index (χ4n) is 2.26. The lowest BCUT2D eigenvalue weighted by Gasteiger charge is -2.04. The third-order valence-electron chi connectivity index (χ3n) is 3.16. The van der Waals surface area contributed by atoms with E-state index in [1.165, 1.54) is 6.42 Å².